The predicted octanol–water partition coefficient (Wildman–Crippen LogP) is 2.28. The number of benzene rings is 1. The molecule has 0 aliphatic carbocycles. The second kappa shape index (κ2) is 7.21. The largest absolute Gasteiger partial charge is 0.494 e. The number of amides is 2. The van der Waals surface area contributed by atoms with Gasteiger partial charge in [-0.3, -0.25) is 9.59 Å². The second-order valence-corrected chi connectivity index (χ2v) is 5.55. The molecule has 1 aliphatic heterocycles. The third-order valence-corrected chi connectivity index (χ3v) is 4.03. The summed E-state index contributed by atoms with van der Waals surface area (Å²) in [7, 11) is 0. The van der Waals surface area contributed by atoms with Crippen molar-refractivity contribution in [3.8, 4) is 5.75 Å². The Hall–Kier alpha value is -2.76. The lowest BCUT2D eigenvalue weighted by molar-refractivity contribution is 0.0535. The highest BCUT2D eigenvalue weighted by Gasteiger charge is 2.25. The van der Waals surface area contributed by atoms with Crippen molar-refractivity contribution in [3.63, 3.8) is 0 Å². The Morgan fingerprint density at radius 1 is 0.958 bits per heavy atom. The van der Waals surface area contributed by atoms with Crippen LogP contribution in [-0.2, 0) is 0 Å². The Morgan fingerprint density at radius 3 is 2.04 bits per heavy atom. The van der Waals surface area contributed by atoms with E-state index in [-0.39, 0.29) is 11.8 Å². The molecule has 6 heteroatoms. The summed E-state index contributed by atoms with van der Waals surface area (Å²) in [5, 5.41) is 0. The highest BCUT2D eigenvalue weighted by atomic mass is 16.5. The first kappa shape index (κ1) is 16.1. The third-order valence-electron chi connectivity index (χ3n) is 4.03. The number of carbonyl (C=O) groups is 2. The number of furan rings is 1. The Labute approximate surface area is 140 Å². The molecule has 24 heavy (non-hydrogen) atoms. The topological polar surface area (TPSA) is 63.0 Å². The van der Waals surface area contributed by atoms with Crippen LogP contribution in [0.2, 0.25) is 0 Å². The SMILES string of the molecule is CCOc1ccc(C(=O)N2CCN(C(=O)c3ccoc3)CC2)cc1. The van der Waals surface area contributed by atoms with Gasteiger partial charge in [-0.15, -0.1) is 0 Å². The minimum atomic E-state index is -0.0584. The van der Waals surface area contributed by atoms with Gasteiger partial charge in [-0.05, 0) is 37.3 Å². The smallest absolute Gasteiger partial charge is 0.257 e. The van der Waals surface area contributed by atoms with E-state index in [0.29, 0.717) is 43.9 Å². The van der Waals surface area contributed by atoms with Crippen molar-refractivity contribution in [1.29, 1.82) is 0 Å². The van der Waals surface area contributed by atoms with Crippen molar-refractivity contribution in [2.75, 3.05) is 32.8 Å². The summed E-state index contributed by atoms with van der Waals surface area (Å²) in [6.45, 7) is 4.61. The molecular formula is C18H20N2O4. The number of nitrogens with zero attached hydrogens (tertiary/aromatic N) is 2. The molecule has 3 rings (SSSR count). The highest BCUT2D eigenvalue weighted by Crippen LogP contribution is 2.15. The fraction of sp³-hybridized carbons (Fsp3) is 0.333. The molecule has 0 unspecified atom stereocenters. The number of hydrogen-bond donors (Lipinski definition) is 0. The minimum Gasteiger partial charge on any atom is -0.494 e. The lowest BCUT2D eigenvalue weighted by Crippen LogP contribution is -2.50. The lowest BCUT2D eigenvalue weighted by Gasteiger charge is -2.34. The molecular weight excluding hydrogens is 308 g/mol. The van der Waals surface area contributed by atoms with E-state index in [0.717, 1.165) is 5.75 Å². The summed E-state index contributed by atoms with van der Waals surface area (Å²) < 4.78 is 10.3. The number of piperazine rings is 1. The van der Waals surface area contributed by atoms with Crippen LogP contribution in [0.1, 0.15) is 27.6 Å². The second-order valence-electron chi connectivity index (χ2n) is 5.55. The molecule has 6 nitrogen and oxygen atoms in total. The molecule has 2 aromatic rings. The number of ether oxygens (including phenoxy) is 1. The summed E-state index contributed by atoms with van der Waals surface area (Å²) in [4.78, 5) is 28.3. The molecule has 0 bridgehead atoms. The summed E-state index contributed by atoms with van der Waals surface area (Å²) in [6, 6.07) is 8.80. The molecule has 1 fully saturated rings. The van der Waals surface area contributed by atoms with E-state index in [2.05, 4.69) is 0 Å². The Kier molecular flexibility index (Phi) is 4.84. The van der Waals surface area contributed by atoms with Crippen LogP contribution in [0.25, 0.3) is 0 Å². The van der Waals surface area contributed by atoms with Gasteiger partial charge in [0, 0.05) is 31.7 Å². The summed E-state index contributed by atoms with van der Waals surface area (Å²) in [6.07, 6.45) is 2.93. The lowest BCUT2D eigenvalue weighted by atomic mass is 10.1. The highest BCUT2D eigenvalue weighted by molar-refractivity contribution is 5.95. The van der Waals surface area contributed by atoms with Crippen molar-refractivity contribution in [2.24, 2.45) is 0 Å². The first-order valence-electron chi connectivity index (χ1n) is 8.02. The van der Waals surface area contributed by atoms with Crippen molar-refractivity contribution < 1.29 is 18.7 Å². The molecule has 2 amide bonds. The van der Waals surface area contributed by atoms with Crippen molar-refractivity contribution in [1.82, 2.24) is 9.80 Å². The van der Waals surface area contributed by atoms with Gasteiger partial charge in [-0.1, -0.05) is 0 Å². The van der Waals surface area contributed by atoms with Crippen LogP contribution in [0.5, 0.6) is 5.75 Å². The first-order chi connectivity index (χ1) is 11.7. The van der Waals surface area contributed by atoms with Crippen molar-refractivity contribution >= 4 is 11.8 Å². The van der Waals surface area contributed by atoms with Crippen molar-refractivity contribution in [2.45, 2.75) is 6.92 Å². The van der Waals surface area contributed by atoms with Crippen LogP contribution in [0, 0.1) is 0 Å². The molecule has 0 N–H and O–H groups in total. The van der Waals surface area contributed by atoms with Crippen LogP contribution in [0.4, 0.5) is 0 Å². The maximum Gasteiger partial charge on any atom is 0.257 e. The molecule has 1 aliphatic rings. The first-order valence-corrected chi connectivity index (χ1v) is 8.02. The van der Waals surface area contributed by atoms with E-state index < -0.39 is 0 Å². The Bertz CT molecular complexity index is 686. The van der Waals surface area contributed by atoms with Crippen LogP contribution < -0.4 is 4.74 Å². The Morgan fingerprint density at radius 2 is 1.54 bits per heavy atom. The van der Waals surface area contributed by atoms with Crippen LogP contribution >= 0.6 is 0 Å². The number of carbonyl (C=O) groups excluding carboxylic acids is 2. The van der Waals surface area contributed by atoms with Gasteiger partial charge in [0.15, 0.2) is 0 Å². The fourth-order valence-corrected chi connectivity index (χ4v) is 2.72. The average Bonchev–Trinajstić information content (AvgIpc) is 3.16. The zero-order chi connectivity index (χ0) is 16.9. The van der Waals surface area contributed by atoms with E-state index in [1.807, 2.05) is 6.92 Å². The summed E-state index contributed by atoms with van der Waals surface area (Å²) >= 11 is 0. The summed E-state index contributed by atoms with van der Waals surface area (Å²) in [5.41, 5.74) is 1.18. The molecule has 0 radical (unpaired) electrons. The van der Waals surface area contributed by atoms with Gasteiger partial charge in [-0.2, -0.15) is 0 Å². The van der Waals surface area contributed by atoms with Crippen LogP contribution in [0.15, 0.2) is 47.3 Å². The normalized spacial score (nSPS) is 14.5. The van der Waals surface area contributed by atoms with Gasteiger partial charge in [0.1, 0.15) is 12.0 Å². The number of rotatable bonds is 4. The standard InChI is InChI=1S/C18H20N2O4/c1-2-24-16-5-3-14(4-6-16)17(21)19-8-10-20(11-9-19)18(22)15-7-12-23-13-15/h3-7,12-13H,2,8-11H2,1H3. The molecule has 0 saturated carbocycles. The van der Waals surface area contributed by atoms with Gasteiger partial charge in [0.25, 0.3) is 11.8 Å². The van der Waals surface area contributed by atoms with Gasteiger partial charge in [-0.25, -0.2) is 0 Å². The van der Waals surface area contributed by atoms with E-state index in [1.165, 1.54) is 12.5 Å². The molecule has 126 valence electrons. The third kappa shape index (κ3) is 3.42. The quantitative estimate of drug-likeness (QED) is 0.864. The zero-order valence-electron chi connectivity index (χ0n) is 13.6. The molecule has 0 spiro atoms. The van der Waals surface area contributed by atoms with Crippen molar-refractivity contribution in [3.05, 3.63) is 54.0 Å². The molecule has 2 heterocycles. The molecule has 1 aromatic heterocycles. The molecule has 1 saturated heterocycles. The Balaban J connectivity index is 1.57. The average molecular weight is 328 g/mol. The monoisotopic (exact) mass is 328 g/mol. The van der Waals surface area contributed by atoms with Gasteiger partial charge in [0.2, 0.25) is 0 Å². The van der Waals surface area contributed by atoms with Gasteiger partial charge in [0.05, 0.1) is 18.4 Å². The van der Waals surface area contributed by atoms with E-state index >= 15 is 0 Å². The van der Waals surface area contributed by atoms with Gasteiger partial charge >= 0.3 is 0 Å². The van der Waals surface area contributed by atoms with E-state index in [9.17, 15) is 9.59 Å². The molecule has 0 atom stereocenters. The maximum atomic E-state index is 12.5. The van der Waals surface area contributed by atoms with Gasteiger partial charge < -0.3 is 19.0 Å². The maximum absolute atomic E-state index is 12.5. The van der Waals surface area contributed by atoms with Crippen LogP contribution in [0.3, 0.4) is 0 Å². The zero-order valence-corrected chi connectivity index (χ0v) is 13.6. The fourth-order valence-electron chi connectivity index (χ4n) is 2.72. The predicted molar refractivity (Wildman–Crippen MR) is 88.1 cm³/mol. The number of hydrogen-bond acceptors (Lipinski definition) is 4. The summed E-state index contributed by atoms with van der Waals surface area (Å²) in [5.74, 6) is 0.676. The molecule has 1 aromatic carbocycles. The van der Waals surface area contributed by atoms with E-state index in [4.69, 9.17) is 9.15 Å². The minimum absolute atomic E-state index is 0.0199. The van der Waals surface area contributed by atoms with Crippen LogP contribution in [-0.4, -0.2) is 54.4 Å². The van der Waals surface area contributed by atoms with E-state index in [1.54, 1.807) is 40.1 Å².